The maximum atomic E-state index is 12.5. The van der Waals surface area contributed by atoms with Gasteiger partial charge in [0.25, 0.3) is 0 Å². The van der Waals surface area contributed by atoms with Gasteiger partial charge in [0.15, 0.2) is 0 Å². The molecule has 0 saturated heterocycles. The van der Waals surface area contributed by atoms with Gasteiger partial charge in [-0.1, -0.05) is 0 Å². The number of aromatic nitrogens is 2. The Kier molecular flexibility index (Phi) is 2.98. The molecule has 86 valence electrons. The van der Waals surface area contributed by atoms with Crippen molar-refractivity contribution >= 4 is 0 Å². The van der Waals surface area contributed by atoms with Crippen LogP contribution in [0.3, 0.4) is 0 Å². The van der Waals surface area contributed by atoms with Gasteiger partial charge in [0.2, 0.25) is 0 Å². The van der Waals surface area contributed by atoms with Crippen molar-refractivity contribution in [1.29, 1.82) is 0 Å². The Hall–Kier alpha value is -1.18. The van der Waals surface area contributed by atoms with Gasteiger partial charge in [0.1, 0.15) is 6.54 Å². The minimum atomic E-state index is -5.57. The first-order valence-corrected chi connectivity index (χ1v) is 3.92. The van der Waals surface area contributed by atoms with Crippen LogP contribution in [0.4, 0.5) is 22.0 Å². The third-order valence-electron chi connectivity index (χ3n) is 1.70. The highest BCUT2D eigenvalue weighted by Crippen LogP contribution is 2.36. The normalized spacial score (nSPS) is 13.2. The molecule has 0 radical (unpaired) electrons. The van der Waals surface area contributed by atoms with E-state index < -0.39 is 18.6 Å². The van der Waals surface area contributed by atoms with Crippen LogP contribution in [0.15, 0.2) is 12.4 Å². The third-order valence-corrected chi connectivity index (χ3v) is 1.70. The van der Waals surface area contributed by atoms with Crippen LogP contribution in [0.2, 0.25) is 0 Å². The second-order valence-corrected chi connectivity index (χ2v) is 2.95. The van der Waals surface area contributed by atoms with Gasteiger partial charge in [-0.15, -0.1) is 0 Å². The van der Waals surface area contributed by atoms with E-state index in [9.17, 15) is 22.0 Å². The quantitative estimate of drug-likeness (QED) is 0.799. The number of hydrogen-bond donors (Lipinski definition) is 1. The molecule has 0 aromatic carbocycles. The summed E-state index contributed by atoms with van der Waals surface area (Å²) < 4.78 is 60.9. The topological polar surface area (TPSA) is 43.8 Å². The SMILES string of the molecule is NCc1cnn(CC(F)(F)C(F)(F)F)c1. The summed E-state index contributed by atoms with van der Waals surface area (Å²) in [7, 11) is 0. The molecule has 0 aliphatic heterocycles. The second-order valence-electron chi connectivity index (χ2n) is 2.95. The average molecular weight is 229 g/mol. The molecule has 1 aromatic heterocycles. The smallest absolute Gasteiger partial charge is 0.326 e. The van der Waals surface area contributed by atoms with Gasteiger partial charge in [0.05, 0.1) is 6.20 Å². The maximum Gasteiger partial charge on any atom is 0.455 e. The zero-order valence-electron chi connectivity index (χ0n) is 7.43. The molecule has 1 rings (SSSR count). The molecule has 0 spiro atoms. The van der Waals surface area contributed by atoms with Gasteiger partial charge in [0, 0.05) is 18.3 Å². The molecule has 2 N–H and O–H groups in total. The molecular weight excluding hydrogens is 221 g/mol. The molecule has 8 heteroatoms. The molecule has 0 atom stereocenters. The monoisotopic (exact) mass is 229 g/mol. The van der Waals surface area contributed by atoms with Crippen molar-refractivity contribution in [3.05, 3.63) is 18.0 Å². The molecule has 15 heavy (non-hydrogen) atoms. The van der Waals surface area contributed by atoms with Crippen LogP contribution in [0.5, 0.6) is 0 Å². The lowest BCUT2D eigenvalue weighted by Gasteiger charge is -2.19. The largest absolute Gasteiger partial charge is 0.455 e. The fraction of sp³-hybridized carbons (Fsp3) is 0.571. The van der Waals surface area contributed by atoms with Crippen molar-refractivity contribution in [2.45, 2.75) is 25.2 Å². The molecule has 0 aliphatic rings. The van der Waals surface area contributed by atoms with Gasteiger partial charge in [-0.25, -0.2) is 0 Å². The van der Waals surface area contributed by atoms with E-state index in [4.69, 9.17) is 5.73 Å². The van der Waals surface area contributed by atoms with Crippen molar-refractivity contribution < 1.29 is 22.0 Å². The summed E-state index contributed by atoms with van der Waals surface area (Å²) in [6.07, 6.45) is -3.37. The Balaban J connectivity index is 2.77. The Labute approximate surface area is 81.7 Å². The van der Waals surface area contributed by atoms with Crippen molar-refractivity contribution in [3.63, 3.8) is 0 Å². The van der Waals surface area contributed by atoms with Crippen LogP contribution in [0.1, 0.15) is 5.56 Å². The van der Waals surface area contributed by atoms with Crippen LogP contribution >= 0.6 is 0 Å². The van der Waals surface area contributed by atoms with Gasteiger partial charge < -0.3 is 5.73 Å². The Morgan fingerprint density at radius 3 is 2.27 bits per heavy atom. The molecule has 0 fully saturated rings. The van der Waals surface area contributed by atoms with E-state index in [-0.39, 0.29) is 6.54 Å². The summed E-state index contributed by atoms with van der Waals surface area (Å²) in [5, 5.41) is 3.34. The van der Waals surface area contributed by atoms with Gasteiger partial charge in [-0.2, -0.15) is 27.1 Å². The number of halogens is 5. The average Bonchev–Trinajstić information content (AvgIpc) is 2.49. The van der Waals surface area contributed by atoms with E-state index in [1.165, 1.54) is 0 Å². The van der Waals surface area contributed by atoms with Gasteiger partial charge in [-0.3, -0.25) is 4.68 Å². The summed E-state index contributed by atoms with van der Waals surface area (Å²) in [6, 6.07) is 0. The predicted octanol–water partition coefficient (Wildman–Crippen LogP) is 1.54. The van der Waals surface area contributed by atoms with Gasteiger partial charge >= 0.3 is 12.1 Å². The number of rotatable bonds is 3. The third kappa shape index (κ3) is 2.65. The Morgan fingerprint density at radius 1 is 1.27 bits per heavy atom. The predicted molar refractivity (Wildman–Crippen MR) is 41.1 cm³/mol. The fourth-order valence-electron chi connectivity index (χ4n) is 0.891. The molecule has 0 saturated carbocycles. The summed E-state index contributed by atoms with van der Waals surface area (Å²) in [5.41, 5.74) is 5.55. The lowest BCUT2D eigenvalue weighted by Crippen LogP contribution is -2.40. The first-order chi connectivity index (χ1) is 6.76. The fourth-order valence-corrected chi connectivity index (χ4v) is 0.891. The number of nitrogens with zero attached hydrogens (tertiary/aromatic N) is 2. The minimum Gasteiger partial charge on any atom is -0.326 e. The first kappa shape index (κ1) is 11.9. The second kappa shape index (κ2) is 3.76. The highest BCUT2D eigenvalue weighted by Gasteiger charge is 2.57. The summed E-state index contributed by atoms with van der Waals surface area (Å²) >= 11 is 0. The van der Waals surface area contributed by atoms with E-state index in [1.54, 1.807) is 0 Å². The van der Waals surface area contributed by atoms with E-state index in [0.29, 0.717) is 10.2 Å². The number of nitrogens with two attached hydrogens (primary N) is 1. The molecule has 0 amide bonds. The van der Waals surface area contributed by atoms with E-state index in [1.807, 2.05) is 0 Å². The lowest BCUT2D eigenvalue weighted by molar-refractivity contribution is -0.287. The number of hydrogen-bond acceptors (Lipinski definition) is 2. The van der Waals surface area contributed by atoms with Crippen LogP contribution in [-0.4, -0.2) is 21.9 Å². The first-order valence-electron chi connectivity index (χ1n) is 3.92. The van der Waals surface area contributed by atoms with E-state index in [2.05, 4.69) is 5.10 Å². The van der Waals surface area contributed by atoms with Crippen molar-refractivity contribution in [2.24, 2.45) is 5.73 Å². The maximum absolute atomic E-state index is 12.5. The zero-order valence-corrected chi connectivity index (χ0v) is 7.43. The summed E-state index contributed by atoms with van der Waals surface area (Å²) in [6.45, 7) is -1.49. The lowest BCUT2D eigenvalue weighted by atomic mass is 10.3. The van der Waals surface area contributed by atoms with Crippen LogP contribution < -0.4 is 5.73 Å². The molecule has 1 heterocycles. The van der Waals surface area contributed by atoms with Gasteiger partial charge in [-0.05, 0) is 0 Å². The summed E-state index contributed by atoms with van der Waals surface area (Å²) in [5.74, 6) is -4.79. The standard InChI is InChI=1S/C7H8F5N3/c8-6(9,7(10,11)12)4-15-3-5(1-13)2-14-15/h2-3H,1,4,13H2. The van der Waals surface area contributed by atoms with Crippen LogP contribution in [-0.2, 0) is 13.1 Å². The van der Waals surface area contributed by atoms with Crippen molar-refractivity contribution in [2.75, 3.05) is 0 Å². The molecule has 3 nitrogen and oxygen atoms in total. The van der Waals surface area contributed by atoms with Crippen LogP contribution in [0, 0.1) is 0 Å². The number of alkyl halides is 5. The Bertz CT molecular complexity index is 330. The molecule has 1 aromatic rings. The molecular formula is C7H8F5N3. The summed E-state index contributed by atoms with van der Waals surface area (Å²) in [4.78, 5) is 0. The minimum absolute atomic E-state index is 0.0393. The Morgan fingerprint density at radius 2 is 1.87 bits per heavy atom. The zero-order chi connectivity index (χ0) is 11.7. The van der Waals surface area contributed by atoms with Crippen LogP contribution in [0.25, 0.3) is 0 Å². The van der Waals surface area contributed by atoms with Crippen molar-refractivity contribution in [1.82, 2.24) is 9.78 Å². The highest BCUT2D eigenvalue weighted by atomic mass is 19.4. The van der Waals surface area contributed by atoms with E-state index in [0.717, 1.165) is 12.4 Å². The van der Waals surface area contributed by atoms with Crippen molar-refractivity contribution in [3.8, 4) is 0 Å². The van der Waals surface area contributed by atoms with E-state index >= 15 is 0 Å². The molecule has 0 unspecified atom stereocenters. The molecule has 0 bridgehead atoms. The highest BCUT2D eigenvalue weighted by molar-refractivity contribution is 5.02. The molecule has 0 aliphatic carbocycles.